The summed E-state index contributed by atoms with van der Waals surface area (Å²) in [5, 5.41) is 0.580. The fraction of sp³-hybridized carbons (Fsp3) is 0.417. The molecule has 4 heteroatoms. The molecule has 88 valence electrons. The highest BCUT2D eigenvalue weighted by Crippen LogP contribution is 2.16. The summed E-state index contributed by atoms with van der Waals surface area (Å²) in [6, 6.07) is 5.15. The highest BCUT2D eigenvalue weighted by Gasteiger charge is 2.07. The Morgan fingerprint density at radius 1 is 1.50 bits per heavy atom. The molecule has 1 aromatic rings. The van der Waals surface area contributed by atoms with Crippen molar-refractivity contribution in [2.24, 2.45) is 5.92 Å². The minimum Gasteiger partial charge on any atom is -0.273 e. The molecule has 0 radical (unpaired) electrons. The van der Waals surface area contributed by atoms with Gasteiger partial charge in [0.05, 0.1) is 6.61 Å². The van der Waals surface area contributed by atoms with Gasteiger partial charge in [-0.3, -0.25) is 9.63 Å². The van der Waals surface area contributed by atoms with E-state index in [0.29, 0.717) is 23.1 Å². The van der Waals surface area contributed by atoms with E-state index in [1.54, 1.807) is 18.2 Å². The molecule has 0 saturated heterocycles. The number of carbonyl (C=O) groups is 1. The molecule has 1 amide bonds. The second-order valence-electron chi connectivity index (χ2n) is 4.10. The second-order valence-corrected chi connectivity index (χ2v) is 4.51. The van der Waals surface area contributed by atoms with Crippen LogP contribution in [0.25, 0.3) is 0 Å². The van der Waals surface area contributed by atoms with E-state index in [-0.39, 0.29) is 5.91 Å². The van der Waals surface area contributed by atoms with Crippen LogP contribution in [0.2, 0.25) is 5.02 Å². The Labute approximate surface area is 101 Å². The molecule has 1 aromatic carbocycles. The first-order valence-electron chi connectivity index (χ1n) is 5.19. The molecule has 0 aliphatic heterocycles. The summed E-state index contributed by atoms with van der Waals surface area (Å²) in [5.41, 5.74) is 3.82. The van der Waals surface area contributed by atoms with Crippen molar-refractivity contribution >= 4 is 17.5 Å². The van der Waals surface area contributed by atoms with Gasteiger partial charge in [-0.15, -0.1) is 0 Å². The molecule has 0 atom stereocenters. The lowest BCUT2D eigenvalue weighted by atomic mass is 10.1. The smallest absolute Gasteiger partial charge is 0.273 e. The van der Waals surface area contributed by atoms with E-state index in [4.69, 9.17) is 16.4 Å². The maximum atomic E-state index is 11.6. The SMILES string of the molecule is Cc1ccc(C(=O)NOCC(C)C)cc1Cl. The van der Waals surface area contributed by atoms with E-state index >= 15 is 0 Å². The zero-order valence-corrected chi connectivity index (χ0v) is 10.5. The molecule has 0 fully saturated rings. The Balaban J connectivity index is 2.56. The van der Waals surface area contributed by atoms with Crippen LogP contribution in [0.1, 0.15) is 29.8 Å². The van der Waals surface area contributed by atoms with Crippen molar-refractivity contribution in [2.75, 3.05) is 6.61 Å². The van der Waals surface area contributed by atoms with Crippen molar-refractivity contribution < 1.29 is 9.63 Å². The Kier molecular flexibility index (Phi) is 4.77. The van der Waals surface area contributed by atoms with Crippen molar-refractivity contribution in [1.82, 2.24) is 5.48 Å². The zero-order valence-electron chi connectivity index (χ0n) is 9.71. The lowest BCUT2D eigenvalue weighted by Crippen LogP contribution is -2.25. The molecule has 1 N–H and O–H groups in total. The van der Waals surface area contributed by atoms with Gasteiger partial charge in [0.2, 0.25) is 0 Å². The fourth-order valence-electron chi connectivity index (χ4n) is 1.07. The predicted molar refractivity (Wildman–Crippen MR) is 64.4 cm³/mol. The van der Waals surface area contributed by atoms with E-state index in [1.165, 1.54) is 0 Å². The van der Waals surface area contributed by atoms with Crippen molar-refractivity contribution in [3.05, 3.63) is 34.3 Å². The summed E-state index contributed by atoms with van der Waals surface area (Å²) in [7, 11) is 0. The van der Waals surface area contributed by atoms with Crippen LogP contribution in [-0.2, 0) is 4.84 Å². The third-order valence-electron chi connectivity index (χ3n) is 2.02. The number of hydroxylamine groups is 1. The van der Waals surface area contributed by atoms with E-state index in [1.807, 2.05) is 20.8 Å². The molecule has 0 aliphatic carbocycles. The van der Waals surface area contributed by atoms with Gasteiger partial charge in [0.25, 0.3) is 5.91 Å². The number of rotatable bonds is 4. The predicted octanol–water partition coefficient (Wildman–Crippen LogP) is 2.97. The van der Waals surface area contributed by atoms with Gasteiger partial charge in [-0.1, -0.05) is 31.5 Å². The van der Waals surface area contributed by atoms with Crippen LogP contribution in [0.4, 0.5) is 0 Å². The quantitative estimate of drug-likeness (QED) is 0.823. The minimum absolute atomic E-state index is 0.275. The summed E-state index contributed by atoms with van der Waals surface area (Å²) in [4.78, 5) is 16.6. The fourth-order valence-corrected chi connectivity index (χ4v) is 1.25. The second kappa shape index (κ2) is 5.87. The number of aryl methyl sites for hydroxylation is 1. The van der Waals surface area contributed by atoms with Crippen LogP contribution in [0.3, 0.4) is 0 Å². The van der Waals surface area contributed by atoms with E-state index in [2.05, 4.69) is 5.48 Å². The first-order chi connectivity index (χ1) is 7.50. The summed E-state index contributed by atoms with van der Waals surface area (Å²) >= 11 is 5.92. The van der Waals surface area contributed by atoms with Gasteiger partial charge in [-0.25, -0.2) is 5.48 Å². The molecule has 16 heavy (non-hydrogen) atoms. The van der Waals surface area contributed by atoms with Crippen LogP contribution < -0.4 is 5.48 Å². The molecule has 0 aliphatic rings. The van der Waals surface area contributed by atoms with Crippen LogP contribution in [0.15, 0.2) is 18.2 Å². The first kappa shape index (κ1) is 13.0. The molecule has 0 spiro atoms. The lowest BCUT2D eigenvalue weighted by Gasteiger charge is -2.08. The average Bonchev–Trinajstić information content (AvgIpc) is 2.21. The normalized spacial score (nSPS) is 10.6. The zero-order chi connectivity index (χ0) is 12.1. The summed E-state index contributed by atoms with van der Waals surface area (Å²) in [6.07, 6.45) is 0. The highest BCUT2D eigenvalue weighted by atomic mass is 35.5. The van der Waals surface area contributed by atoms with Gasteiger partial charge in [-0.05, 0) is 30.5 Å². The Morgan fingerprint density at radius 2 is 2.19 bits per heavy atom. The molecule has 1 rings (SSSR count). The number of carbonyl (C=O) groups excluding carboxylic acids is 1. The van der Waals surface area contributed by atoms with Crippen molar-refractivity contribution in [1.29, 1.82) is 0 Å². The number of amides is 1. The van der Waals surface area contributed by atoms with E-state index < -0.39 is 0 Å². The van der Waals surface area contributed by atoms with Crippen LogP contribution >= 0.6 is 11.6 Å². The molecule has 0 bridgehead atoms. The third kappa shape index (κ3) is 3.83. The van der Waals surface area contributed by atoms with Crippen LogP contribution in [0.5, 0.6) is 0 Å². The van der Waals surface area contributed by atoms with Crippen molar-refractivity contribution in [3.8, 4) is 0 Å². The summed E-state index contributed by atoms with van der Waals surface area (Å²) in [5.74, 6) is 0.101. The number of hydrogen-bond donors (Lipinski definition) is 1. The maximum Gasteiger partial charge on any atom is 0.274 e. The van der Waals surface area contributed by atoms with E-state index in [9.17, 15) is 4.79 Å². The van der Waals surface area contributed by atoms with Gasteiger partial charge < -0.3 is 0 Å². The van der Waals surface area contributed by atoms with Crippen molar-refractivity contribution in [2.45, 2.75) is 20.8 Å². The lowest BCUT2D eigenvalue weighted by molar-refractivity contribution is 0.0208. The minimum atomic E-state index is -0.275. The van der Waals surface area contributed by atoms with Gasteiger partial charge in [0, 0.05) is 10.6 Å². The molecule has 0 aromatic heterocycles. The van der Waals surface area contributed by atoms with E-state index in [0.717, 1.165) is 5.56 Å². The maximum absolute atomic E-state index is 11.6. The topological polar surface area (TPSA) is 38.3 Å². The Morgan fingerprint density at radius 3 is 2.75 bits per heavy atom. The van der Waals surface area contributed by atoms with Gasteiger partial charge in [0.1, 0.15) is 0 Å². The largest absolute Gasteiger partial charge is 0.274 e. The van der Waals surface area contributed by atoms with Gasteiger partial charge in [0.15, 0.2) is 0 Å². The first-order valence-corrected chi connectivity index (χ1v) is 5.56. The molecular formula is C12H16ClNO2. The van der Waals surface area contributed by atoms with Gasteiger partial charge >= 0.3 is 0 Å². The number of halogens is 1. The highest BCUT2D eigenvalue weighted by molar-refractivity contribution is 6.31. The van der Waals surface area contributed by atoms with Crippen LogP contribution in [0, 0.1) is 12.8 Å². The average molecular weight is 242 g/mol. The number of hydrogen-bond acceptors (Lipinski definition) is 2. The summed E-state index contributed by atoms with van der Waals surface area (Å²) < 4.78 is 0. The Bertz CT molecular complexity index is 377. The number of nitrogens with one attached hydrogen (secondary N) is 1. The molecule has 0 heterocycles. The summed E-state index contributed by atoms with van der Waals surface area (Å²) in [6.45, 7) is 6.40. The molecular weight excluding hydrogens is 226 g/mol. The van der Waals surface area contributed by atoms with Crippen molar-refractivity contribution in [3.63, 3.8) is 0 Å². The monoisotopic (exact) mass is 241 g/mol. The molecule has 3 nitrogen and oxygen atoms in total. The third-order valence-corrected chi connectivity index (χ3v) is 2.42. The Hall–Kier alpha value is -1.06. The number of benzene rings is 1. The molecule has 0 saturated carbocycles. The van der Waals surface area contributed by atoms with Gasteiger partial charge in [-0.2, -0.15) is 0 Å². The standard InChI is InChI=1S/C12H16ClNO2/c1-8(2)7-16-14-12(15)10-5-4-9(3)11(13)6-10/h4-6,8H,7H2,1-3H3,(H,14,15). The molecule has 0 unspecified atom stereocenters. The van der Waals surface area contributed by atoms with Crippen LogP contribution in [-0.4, -0.2) is 12.5 Å².